The third-order valence-electron chi connectivity index (χ3n) is 3.98. The molecule has 3 rings (SSSR count). The van der Waals surface area contributed by atoms with Gasteiger partial charge in [0.25, 0.3) is 5.91 Å². The van der Waals surface area contributed by atoms with Crippen molar-refractivity contribution in [1.29, 1.82) is 0 Å². The number of carboxylic acid groups (broad SMARTS) is 1. The van der Waals surface area contributed by atoms with Gasteiger partial charge in [-0.05, 0) is 54.8 Å². The Bertz CT molecular complexity index is 775. The van der Waals surface area contributed by atoms with Gasteiger partial charge < -0.3 is 14.7 Å². The summed E-state index contributed by atoms with van der Waals surface area (Å²) in [6, 6.07) is 8.77. The first-order valence-corrected chi connectivity index (χ1v) is 8.46. The molecule has 1 aliphatic rings. The fourth-order valence-electron chi connectivity index (χ4n) is 2.82. The molecule has 5 nitrogen and oxygen atoms in total. The second-order valence-electron chi connectivity index (χ2n) is 5.56. The highest BCUT2D eigenvalue weighted by molar-refractivity contribution is 7.17. The number of alkyl halides is 2. The van der Waals surface area contributed by atoms with E-state index in [1.807, 2.05) is 0 Å². The molecule has 0 saturated carbocycles. The molecule has 0 radical (unpaired) electrons. The second kappa shape index (κ2) is 7.18. The van der Waals surface area contributed by atoms with Gasteiger partial charge >= 0.3 is 12.6 Å². The van der Waals surface area contributed by atoms with Gasteiger partial charge in [0.05, 0.1) is 4.88 Å². The highest BCUT2D eigenvalue weighted by atomic mass is 32.1. The van der Waals surface area contributed by atoms with Crippen molar-refractivity contribution in [2.45, 2.75) is 25.5 Å². The van der Waals surface area contributed by atoms with Crippen molar-refractivity contribution in [2.75, 3.05) is 6.54 Å². The first kappa shape index (κ1) is 17.3. The molecule has 0 unspecified atom stereocenters. The number of carboxylic acids is 1. The van der Waals surface area contributed by atoms with Gasteiger partial charge in [0.1, 0.15) is 11.8 Å². The maximum absolute atomic E-state index is 12.6. The van der Waals surface area contributed by atoms with Crippen molar-refractivity contribution in [3.8, 4) is 16.2 Å². The average Bonchev–Trinajstić information content (AvgIpc) is 3.24. The Morgan fingerprint density at radius 2 is 1.92 bits per heavy atom. The van der Waals surface area contributed by atoms with Crippen molar-refractivity contribution >= 4 is 23.2 Å². The first-order chi connectivity index (χ1) is 12.0. The van der Waals surface area contributed by atoms with E-state index in [0.717, 1.165) is 10.4 Å². The Balaban J connectivity index is 1.76. The molecule has 0 aliphatic carbocycles. The molecule has 0 bridgehead atoms. The smallest absolute Gasteiger partial charge is 0.387 e. The van der Waals surface area contributed by atoms with Crippen LogP contribution in [0.25, 0.3) is 10.4 Å². The highest BCUT2D eigenvalue weighted by Gasteiger charge is 2.34. The van der Waals surface area contributed by atoms with Gasteiger partial charge in [-0.3, -0.25) is 4.79 Å². The van der Waals surface area contributed by atoms with Crippen molar-refractivity contribution in [1.82, 2.24) is 4.90 Å². The Labute approximate surface area is 146 Å². The first-order valence-electron chi connectivity index (χ1n) is 7.64. The quantitative estimate of drug-likeness (QED) is 0.875. The molecule has 1 fully saturated rings. The van der Waals surface area contributed by atoms with E-state index < -0.39 is 18.6 Å². The number of carbonyl (C=O) groups is 2. The lowest BCUT2D eigenvalue weighted by molar-refractivity contribution is -0.141. The van der Waals surface area contributed by atoms with Gasteiger partial charge in [0, 0.05) is 11.4 Å². The molecule has 0 spiro atoms. The van der Waals surface area contributed by atoms with Crippen molar-refractivity contribution < 1.29 is 28.2 Å². The summed E-state index contributed by atoms with van der Waals surface area (Å²) in [6.45, 7) is -2.44. The fraction of sp³-hybridized carbons (Fsp3) is 0.294. The van der Waals surface area contributed by atoms with Crippen LogP contribution in [0.1, 0.15) is 22.5 Å². The normalized spacial score (nSPS) is 17.1. The van der Waals surface area contributed by atoms with E-state index in [9.17, 15) is 23.5 Å². The van der Waals surface area contributed by atoms with Crippen molar-refractivity contribution in [3.05, 3.63) is 41.3 Å². The second-order valence-corrected chi connectivity index (χ2v) is 6.65. The van der Waals surface area contributed by atoms with Crippen LogP contribution in [-0.4, -0.2) is 41.1 Å². The van der Waals surface area contributed by atoms with Crippen LogP contribution in [0.3, 0.4) is 0 Å². The molecule has 1 amide bonds. The summed E-state index contributed by atoms with van der Waals surface area (Å²) in [5.74, 6) is -1.22. The predicted octanol–water partition coefficient (Wildman–Crippen LogP) is 3.71. The van der Waals surface area contributed by atoms with Gasteiger partial charge in [0.15, 0.2) is 0 Å². The largest absolute Gasteiger partial charge is 0.480 e. The van der Waals surface area contributed by atoms with E-state index in [4.69, 9.17) is 0 Å². The molecule has 2 heterocycles. The topological polar surface area (TPSA) is 66.8 Å². The van der Waals surface area contributed by atoms with Gasteiger partial charge in [-0.15, -0.1) is 11.3 Å². The van der Waals surface area contributed by atoms with Crippen LogP contribution >= 0.6 is 11.3 Å². The SMILES string of the molecule is O=C(O)[C@H]1CCCN1C(=O)c1ccc(-c2ccc(OC(F)F)cc2)s1. The van der Waals surface area contributed by atoms with Crippen molar-refractivity contribution in [3.63, 3.8) is 0 Å². The molecule has 2 aromatic rings. The summed E-state index contributed by atoms with van der Waals surface area (Å²) in [4.78, 5) is 26.4. The summed E-state index contributed by atoms with van der Waals surface area (Å²) < 4.78 is 28.6. The minimum Gasteiger partial charge on any atom is -0.480 e. The summed E-state index contributed by atoms with van der Waals surface area (Å²) in [5.41, 5.74) is 0.766. The number of thiophene rings is 1. The molecule has 25 heavy (non-hydrogen) atoms. The Kier molecular flexibility index (Phi) is 4.98. The van der Waals surface area contributed by atoms with Gasteiger partial charge in [-0.2, -0.15) is 8.78 Å². The zero-order chi connectivity index (χ0) is 18.0. The number of amides is 1. The van der Waals surface area contributed by atoms with Crippen molar-refractivity contribution in [2.24, 2.45) is 0 Å². The van der Waals surface area contributed by atoms with E-state index in [2.05, 4.69) is 4.74 Å². The number of likely N-dealkylation sites (tertiary alicyclic amines) is 1. The van der Waals surface area contributed by atoms with Crippen LogP contribution in [0, 0.1) is 0 Å². The zero-order valence-corrected chi connectivity index (χ0v) is 13.8. The minimum atomic E-state index is -2.88. The van der Waals surface area contributed by atoms with Gasteiger partial charge in [-0.1, -0.05) is 0 Å². The number of aliphatic carboxylic acids is 1. The van der Waals surface area contributed by atoms with Crippen LogP contribution in [0.4, 0.5) is 8.78 Å². The molecular weight excluding hydrogens is 352 g/mol. The third-order valence-corrected chi connectivity index (χ3v) is 5.10. The molecule has 1 aromatic carbocycles. The molecule has 1 aliphatic heterocycles. The monoisotopic (exact) mass is 367 g/mol. The number of rotatable bonds is 5. The van der Waals surface area contributed by atoms with Crippen LogP contribution in [0.15, 0.2) is 36.4 Å². The third kappa shape index (κ3) is 3.79. The number of hydrogen-bond acceptors (Lipinski definition) is 4. The molecular formula is C17H15F2NO4S. The summed E-state index contributed by atoms with van der Waals surface area (Å²) in [6.07, 6.45) is 1.14. The van der Waals surface area contributed by atoms with E-state index >= 15 is 0 Å². The molecule has 1 saturated heterocycles. The van der Waals surface area contributed by atoms with Crippen LogP contribution < -0.4 is 4.74 Å². The number of nitrogens with zero attached hydrogens (tertiary/aromatic N) is 1. The van der Waals surface area contributed by atoms with Gasteiger partial charge in [-0.25, -0.2) is 4.79 Å². The van der Waals surface area contributed by atoms with E-state index in [1.54, 1.807) is 24.3 Å². The Hall–Kier alpha value is -2.48. The predicted molar refractivity (Wildman–Crippen MR) is 88.1 cm³/mol. The van der Waals surface area contributed by atoms with Gasteiger partial charge in [0.2, 0.25) is 0 Å². The number of halogens is 2. The average molecular weight is 367 g/mol. The molecule has 1 aromatic heterocycles. The maximum Gasteiger partial charge on any atom is 0.387 e. The minimum absolute atomic E-state index is 0.0629. The molecule has 8 heteroatoms. The summed E-state index contributed by atoms with van der Waals surface area (Å²) in [5, 5.41) is 9.20. The lowest BCUT2D eigenvalue weighted by Gasteiger charge is -2.20. The summed E-state index contributed by atoms with van der Waals surface area (Å²) in [7, 11) is 0. The molecule has 1 N–H and O–H groups in total. The standard InChI is InChI=1S/C17H15F2NO4S/c18-17(19)24-11-5-3-10(4-6-11)13-7-8-14(25-13)15(21)20-9-1-2-12(20)16(22)23/h3-8,12,17H,1-2,9H2,(H,22,23)/t12-/m1/s1. The van der Waals surface area contributed by atoms with Crippen LogP contribution in [0.2, 0.25) is 0 Å². The number of ether oxygens (including phenoxy) is 1. The van der Waals surface area contributed by atoms with E-state index in [1.165, 1.54) is 28.4 Å². The zero-order valence-electron chi connectivity index (χ0n) is 13.0. The Morgan fingerprint density at radius 3 is 2.56 bits per heavy atom. The van der Waals surface area contributed by atoms with Crippen LogP contribution in [0.5, 0.6) is 5.75 Å². The fourth-order valence-corrected chi connectivity index (χ4v) is 3.78. The Morgan fingerprint density at radius 1 is 1.20 bits per heavy atom. The van der Waals surface area contributed by atoms with E-state index in [-0.39, 0.29) is 11.7 Å². The van der Waals surface area contributed by atoms with E-state index in [0.29, 0.717) is 24.3 Å². The molecule has 1 atom stereocenters. The number of hydrogen-bond donors (Lipinski definition) is 1. The lowest BCUT2D eigenvalue weighted by Crippen LogP contribution is -2.40. The molecule has 132 valence electrons. The van der Waals surface area contributed by atoms with Crippen LogP contribution in [-0.2, 0) is 4.79 Å². The highest BCUT2D eigenvalue weighted by Crippen LogP contribution is 2.31. The maximum atomic E-state index is 12.6. The number of benzene rings is 1. The summed E-state index contributed by atoms with van der Waals surface area (Å²) >= 11 is 1.24. The lowest BCUT2D eigenvalue weighted by atomic mass is 10.2. The number of carbonyl (C=O) groups excluding carboxylic acids is 1.